The molecule has 0 unspecified atom stereocenters. The Morgan fingerprint density at radius 1 is 1.40 bits per heavy atom. The molecule has 0 aliphatic heterocycles. The molecule has 52 valence electrons. The maximum absolute atomic E-state index is 7.48. The molecule has 1 aliphatic rings. The van der Waals surface area contributed by atoms with Crippen LogP contribution in [0.2, 0.25) is 0 Å². The van der Waals surface area contributed by atoms with Crippen LogP contribution in [0.4, 0.5) is 0 Å². The van der Waals surface area contributed by atoms with E-state index in [9.17, 15) is 0 Å². The highest BCUT2D eigenvalue weighted by Crippen LogP contribution is 2.11. The third-order valence-corrected chi connectivity index (χ3v) is 1.52. The van der Waals surface area contributed by atoms with Gasteiger partial charge in [-0.3, -0.25) is 0 Å². The second-order valence-corrected chi connectivity index (χ2v) is 2.38. The lowest BCUT2D eigenvalue weighted by Crippen LogP contribution is -1.98. The van der Waals surface area contributed by atoms with Gasteiger partial charge in [0.1, 0.15) is 0 Å². The molecule has 0 radical (unpaired) electrons. The van der Waals surface area contributed by atoms with E-state index in [1.54, 1.807) is 0 Å². The van der Waals surface area contributed by atoms with E-state index in [0.29, 0.717) is 5.71 Å². The minimum atomic E-state index is 0.613. The molecule has 0 bridgehead atoms. The Morgan fingerprint density at radius 3 is 2.60 bits per heavy atom. The molecular weight excluding hydrogens is 122 g/mol. The zero-order chi connectivity index (χ0) is 7.56. The Morgan fingerprint density at radius 2 is 2.10 bits per heavy atom. The van der Waals surface area contributed by atoms with Crippen LogP contribution in [-0.4, -0.2) is 5.71 Å². The van der Waals surface area contributed by atoms with Crippen molar-refractivity contribution in [1.29, 1.82) is 5.41 Å². The van der Waals surface area contributed by atoms with Crippen molar-refractivity contribution in [3.63, 3.8) is 0 Å². The number of rotatable bonds is 0. The van der Waals surface area contributed by atoms with Crippen molar-refractivity contribution in [2.45, 2.75) is 13.8 Å². The Hall–Kier alpha value is -1.11. The molecule has 0 saturated heterocycles. The van der Waals surface area contributed by atoms with Crippen molar-refractivity contribution >= 4 is 5.71 Å². The minimum Gasteiger partial charge on any atom is -0.300 e. The fraction of sp³-hybridized carbons (Fsp3) is 0.222. The van der Waals surface area contributed by atoms with Crippen LogP contribution in [0.25, 0.3) is 0 Å². The van der Waals surface area contributed by atoms with Crippen LogP contribution in [0.1, 0.15) is 13.8 Å². The summed E-state index contributed by atoms with van der Waals surface area (Å²) in [5, 5.41) is 7.48. The lowest BCUT2D eigenvalue weighted by molar-refractivity contribution is 1.42. The van der Waals surface area contributed by atoms with Gasteiger partial charge in [0.25, 0.3) is 0 Å². The van der Waals surface area contributed by atoms with Crippen LogP contribution < -0.4 is 0 Å². The molecule has 0 atom stereocenters. The van der Waals surface area contributed by atoms with Gasteiger partial charge in [-0.2, -0.15) is 0 Å². The number of allylic oxidation sites excluding steroid dienone is 6. The molecule has 0 aromatic rings. The highest BCUT2D eigenvalue weighted by atomic mass is 14.4. The summed E-state index contributed by atoms with van der Waals surface area (Å²) in [5.41, 5.74) is 2.77. The first-order valence-corrected chi connectivity index (χ1v) is 3.35. The van der Waals surface area contributed by atoms with Gasteiger partial charge in [-0.15, -0.1) is 0 Å². The molecule has 1 heteroatoms. The van der Waals surface area contributed by atoms with E-state index in [-0.39, 0.29) is 0 Å². The highest BCUT2D eigenvalue weighted by Gasteiger charge is 2.01. The van der Waals surface area contributed by atoms with Crippen molar-refractivity contribution in [2.75, 3.05) is 0 Å². The fourth-order valence-electron chi connectivity index (χ4n) is 0.922. The second-order valence-electron chi connectivity index (χ2n) is 2.38. The fourth-order valence-corrected chi connectivity index (χ4v) is 0.922. The SMILES string of the molecule is C/C=C1/C=CC(C)=CC1=N. The van der Waals surface area contributed by atoms with Gasteiger partial charge in [-0.25, -0.2) is 0 Å². The molecule has 0 heterocycles. The number of nitrogens with one attached hydrogen (secondary N) is 1. The van der Waals surface area contributed by atoms with Crippen molar-refractivity contribution in [2.24, 2.45) is 0 Å². The normalized spacial score (nSPS) is 21.6. The van der Waals surface area contributed by atoms with E-state index < -0.39 is 0 Å². The van der Waals surface area contributed by atoms with Gasteiger partial charge in [0, 0.05) is 0 Å². The smallest absolute Gasteiger partial charge is 0.0611 e. The van der Waals surface area contributed by atoms with Crippen LogP contribution in [0.15, 0.2) is 35.5 Å². The maximum Gasteiger partial charge on any atom is 0.0611 e. The molecule has 0 aromatic heterocycles. The quantitative estimate of drug-likeness (QED) is 0.525. The molecule has 1 rings (SSSR count). The summed E-state index contributed by atoms with van der Waals surface area (Å²) >= 11 is 0. The largest absolute Gasteiger partial charge is 0.300 e. The van der Waals surface area contributed by atoms with E-state index in [1.807, 2.05) is 38.2 Å². The summed E-state index contributed by atoms with van der Waals surface area (Å²) in [7, 11) is 0. The third-order valence-electron chi connectivity index (χ3n) is 1.52. The zero-order valence-electron chi connectivity index (χ0n) is 6.31. The molecule has 1 N–H and O–H groups in total. The van der Waals surface area contributed by atoms with Gasteiger partial charge in [0.05, 0.1) is 5.71 Å². The standard InChI is InChI=1S/C9H11N/c1-3-8-5-4-7(2)6-9(8)10/h3-6,10H,1-2H3/b8-3-,10-9?. The van der Waals surface area contributed by atoms with Crippen LogP contribution in [0, 0.1) is 5.41 Å². The van der Waals surface area contributed by atoms with E-state index in [2.05, 4.69) is 0 Å². The third kappa shape index (κ3) is 1.24. The summed E-state index contributed by atoms with van der Waals surface area (Å²) < 4.78 is 0. The van der Waals surface area contributed by atoms with Crippen molar-refractivity contribution in [1.82, 2.24) is 0 Å². The first-order valence-electron chi connectivity index (χ1n) is 3.35. The van der Waals surface area contributed by atoms with Crippen LogP contribution in [0.3, 0.4) is 0 Å². The number of hydrogen-bond donors (Lipinski definition) is 1. The summed E-state index contributed by atoms with van der Waals surface area (Å²) in [6.07, 6.45) is 7.81. The predicted molar refractivity (Wildman–Crippen MR) is 44.4 cm³/mol. The van der Waals surface area contributed by atoms with Crippen LogP contribution in [0.5, 0.6) is 0 Å². The molecule has 0 saturated carbocycles. The van der Waals surface area contributed by atoms with Crippen molar-refractivity contribution < 1.29 is 0 Å². The zero-order valence-corrected chi connectivity index (χ0v) is 6.31. The van der Waals surface area contributed by atoms with E-state index in [0.717, 1.165) is 11.1 Å². The van der Waals surface area contributed by atoms with Crippen molar-refractivity contribution in [3.05, 3.63) is 35.5 Å². The van der Waals surface area contributed by atoms with Crippen LogP contribution in [-0.2, 0) is 0 Å². The van der Waals surface area contributed by atoms with Gasteiger partial charge < -0.3 is 5.41 Å². The summed E-state index contributed by atoms with van der Waals surface area (Å²) in [5.74, 6) is 0. The minimum absolute atomic E-state index is 0.613. The average molecular weight is 133 g/mol. The molecule has 0 amide bonds. The van der Waals surface area contributed by atoms with Gasteiger partial charge in [0.2, 0.25) is 0 Å². The molecule has 1 aliphatic carbocycles. The lowest BCUT2D eigenvalue weighted by atomic mass is 10.0. The molecule has 10 heavy (non-hydrogen) atoms. The summed E-state index contributed by atoms with van der Waals surface area (Å²) in [6, 6.07) is 0. The summed E-state index contributed by atoms with van der Waals surface area (Å²) in [6.45, 7) is 3.94. The van der Waals surface area contributed by atoms with Gasteiger partial charge >= 0.3 is 0 Å². The number of hydrogen-bond acceptors (Lipinski definition) is 1. The van der Waals surface area contributed by atoms with Gasteiger partial charge in [-0.05, 0) is 31.1 Å². The Kier molecular flexibility index (Phi) is 1.86. The molecule has 0 spiro atoms. The van der Waals surface area contributed by atoms with Gasteiger partial charge in [-0.1, -0.05) is 18.2 Å². The summed E-state index contributed by atoms with van der Waals surface area (Å²) in [4.78, 5) is 0. The Bertz CT molecular complexity index is 241. The van der Waals surface area contributed by atoms with E-state index in [1.165, 1.54) is 0 Å². The molecule has 0 aromatic carbocycles. The molecule has 1 nitrogen and oxygen atoms in total. The lowest BCUT2D eigenvalue weighted by Gasteiger charge is -2.05. The first kappa shape index (κ1) is 7.00. The highest BCUT2D eigenvalue weighted by molar-refractivity contribution is 6.09. The Balaban J connectivity index is 2.95. The Labute approximate surface area is 61.3 Å². The first-order chi connectivity index (χ1) is 4.74. The van der Waals surface area contributed by atoms with E-state index >= 15 is 0 Å². The van der Waals surface area contributed by atoms with Gasteiger partial charge in [0.15, 0.2) is 0 Å². The van der Waals surface area contributed by atoms with Crippen molar-refractivity contribution in [3.8, 4) is 0 Å². The monoisotopic (exact) mass is 133 g/mol. The average Bonchev–Trinajstić information content (AvgIpc) is 1.88. The van der Waals surface area contributed by atoms with E-state index in [4.69, 9.17) is 5.41 Å². The second kappa shape index (κ2) is 2.65. The topological polar surface area (TPSA) is 23.9 Å². The van der Waals surface area contributed by atoms with Crippen LogP contribution >= 0.6 is 0 Å². The molecular formula is C9H11N. The molecule has 0 fully saturated rings. The maximum atomic E-state index is 7.48. The predicted octanol–water partition coefficient (Wildman–Crippen LogP) is 2.47.